The highest BCUT2D eigenvalue weighted by molar-refractivity contribution is 7.92. The van der Waals surface area contributed by atoms with E-state index in [2.05, 4.69) is 0 Å². The average Bonchev–Trinajstić information content (AvgIpc) is 3.12. The maximum Gasteiger partial charge on any atom is 0.269 e. The quantitative estimate of drug-likeness (QED) is 0.466. The number of benzene rings is 1. The minimum atomic E-state index is -3.91. The van der Waals surface area contributed by atoms with E-state index in [1.165, 1.54) is 0 Å². The first-order valence-corrected chi connectivity index (χ1v) is 6.25. The minimum absolute atomic E-state index is 0.161. The van der Waals surface area contributed by atoms with Gasteiger partial charge in [0.25, 0.3) is 5.69 Å². The topological polar surface area (TPSA) is 110 Å². The number of ether oxygens (including phenoxy) is 1. The van der Waals surface area contributed by atoms with Crippen LogP contribution in [0.15, 0.2) is 29.2 Å². The Kier molecular flexibility index (Phi) is 2.86. The maximum atomic E-state index is 11.8. The molecule has 1 aliphatic rings. The fraction of sp³-hybridized carbons (Fsp3) is 0.333. The number of aliphatic hydroxyl groups excluding tert-OH is 1. The Bertz CT molecular complexity index is 533. The number of nitrogens with zero attached hydrogens (tertiary/aromatic N) is 1. The van der Waals surface area contributed by atoms with Crippen molar-refractivity contribution in [2.24, 2.45) is 0 Å². The summed E-state index contributed by atoms with van der Waals surface area (Å²) in [5, 5.41) is 19.9. The molecule has 1 aromatic carbocycles. The second kappa shape index (κ2) is 4.06. The molecule has 1 heterocycles. The van der Waals surface area contributed by atoms with Crippen molar-refractivity contribution >= 4 is 15.5 Å². The standard InChI is InChI=1S/C9H9NO6S/c11-9(8-5-16-8)17(14,15)7-3-1-6(2-4-7)10(12)13/h1-4,8-9,11H,5H2/t8-,9?/m0/s1. The van der Waals surface area contributed by atoms with Crippen LogP contribution in [-0.4, -0.2) is 36.6 Å². The van der Waals surface area contributed by atoms with Crippen molar-refractivity contribution in [1.82, 2.24) is 0 Å². The van der Waals surface area contributed by atoms with Crippen LogP contribution in [0.1, 0.15) is 0 Å². The van der Waals surface area contributed by atoms with Crippen LogP contribution in [-0.2, 0) is 14.6 Å². The SMILES string of the molecule is O=[N+]([O-])c1ccc(S(=O)(=O)C(O)[C@@H]2CO2)cc1. The van der Waals surface area contributed by atoms with E-state index in [9.17, 15) is 23.6 Å². The predicted molar refractivity (Wildman–Crippen MR) is 56.0 cm³/mol. The lowest BCUT2D eigenvalue weighted by Gasteiger charge is -2.08. The molecule has 92 valence electrons. The van der Waals surface area contributed by atoms with Crippen LogP contribution in [0.5, 0.6) is 0 Å². The number of hydrogen-bond acceptors (Lipinski definition) is 6. The Hall–Kier alpha value is -1.51. The van der Waals surface area contributed by atoms with Crippen molar-refractivity contribution in [3.63, 3.8) is 0 Å². The normalized spacial score (nSPS) is 20.9. The van der Waals surface area contributed by atoms with E-state index >= 15 is 0 Å². The Morgan fingerprint density at radius 3 is 2.35 bits per heavy atom. The van der Waals surface area contributed by atoms with Crippen LogP contribution in [0.3, 0.4) is 0 Å². The zero-order valence-electron chi connectivity index (χ0n) is 8.52. The van der Waals surface area contributed by atoms with Crippen molar-refractivity contribution in [3.05, 3.63) is 34.4 Å². The summed E-state index contributed by atoms with van der Waals surface area (Å²) in [7, 11) is -3.91. The number of nitro groups is 1. The molecular formula is C9H9NO6S. The van der Waals surface area contributed by atoms with Crippen LogP contribution >= 0.6 is 0 Å². The highest BCUT2D eigenvalue weighted by atomic mass is 32.2. The van der Waals surface area contributed by atoms with Crippen molar-refractivity contribution in [2.75, 3.05) is 6.61 Å². The van der Waals surface area contributed by atoms with E-state index in [1.54, 1.807) is 0 Å². The van der Waals surface area contributed by atoms with Crippen LogP contribution in [0.25, 0.3) is 0 Å². The lowest BCUT2D eigenvalue weighted by Crippen LogP contribution is -2.26. The number of sulfone groups is 1. The fourth-order valence-electron chi connectivity index (χ4n) is 1.32. The van der Waals surface area contributed by atoms with Crippen LogP contribution < -0.4 is 0 Å². The van der Waals surface area contributed by atoms with E-state index in [1.807, 2.05) is 0 Å². The molecule has 1 fully saturated rings. The maximum absolute atomic E-state index is 11.8. The van der Waals surface area contributed by atoms with Gasteiger partial charge in [-0.2, -0.15) is 0 Å². The molecule has 1 unspecified atom stereocenters. The Morgan fingerprint density at radius 2 is 1.94 bits per heavy atom. The summed E-state index contributed by atoms with van der Waals surface area (Å²) in [5.74, 6) is 0. The zero-order chi connectivity index (χ0) is 12.6. The zero-order valence-corrected chi connectivity index (χ0v) is 9.33. The number of aliphatic hydroxyl groups is 1. The van der Waals surface area contributed by atoms with Crippen LogP contribution in [0, 0.1) is 10.1 Å². The molecule has 17 heavy (non-hydrogen) atoms. The second-order valence-electron chi connectivity index (χ2n) is 3.56. The van der Waals surface area contributed by atoms with Crippen molar-refractivity contribution in [1.29, 1.82) is 0 Å². The minimum Gasteiger partial charge on any atom is -0.375 e. The van der Waals surface area contributed by atoms with E-state index in [0.29, 0.717) is 0 Å². The smallest absolute Gasteiger partial charge is 0.269 e. The molecule has 0 spiro atoms. The molecule has 0 aromatic heterocycles. The summed E-state index contributed by atoms with van der Waals surface area (Å²) in [6.07, 6.45) is -0.699. The van der Waals surface area contributed by atoms with Crippen molar-refractivity contribution < 1.29 is 23.2 Å². The van der Waals surface area contributed by atoms with E-state index in [4.69, 9.17) is 4.74 Å². The second-order valence-corrected chi connectivity index (χ2v) is 5.60. The lowest BCUT2D eigenvalue weighted by molar-refractivity contribution is -0.384. The molecule has 1 saturated heterocycles. The molecule has 2 rings (SSSR count). The third kappa shape index (κ3) is 2.28. The summed E-state index contributed by atoms with van der Waals surface area (Å²) in [6, 6.07) is 4.35. The van der Waals surface area contributed by atoms with Gasteiger partial charge in [0.05, 0.1) is 16.4 Å². The van der Waals surface area contributed by atoms with Gasteiger partial charge in [0.1, 0.15) is 6.10 Å². The predicted octanol–water partition coefficient (Wildman–Crippen LogP) is 0.0857. The molecule has 8 heteroatoms. The van der Waals surface area contributed by atoms with Crippen LogP contribution in [0.4, 0.5) is 5.69 Å². The van der Waals surface area contributed by atoms with Crippen molar-refractivity contribution in [3.8, 4) is 0 Å². The van der Waals surface area contributed by atoms with Gasteiger partial charge in [-0.3, -0.25) is 10.1 Å². The fourth-order valence-corrected chi connectivity index (χ4v) is 2.67. The number of non-ortho nitro benzene ring substituents is 1. The molecular weight excluding hydrogens is 250 g/mol. The highest BCUT2D eigenvalue weighted by Gasteiger charge is 2.41. The van der Waals surface area contributed by atoms with Gasteiger partial charge in [0.15, 0.2) is 5.44 Å². The number of epoxide rings is 1. The van der Waals surface area contributed by atoms with E-state index in [-0.39, 0.29) is 17.2 Å². The molecule has 0 radical (unpaired) electrons. The van der Waals surface area contributed by atoms with E-state index in [0.717, 1.165) is 24.3 Å². The Morgan fingerprint density at radius 1 is 1.41 bits per heavy atom. The average molecular weight is 259 g/mol. The van der Waals surface area contributed by atoms with Gasteiger partial charge < -0.3 is 9.84 Å². The monoisotopic (exact) mass is 259 g/mol. The first kappa shape index (κ1) is 12.0. The molecule has 1 N–H and O–H groups in total. The molecule has 1 aromatic rings. The Balaban J connectivity index is 2.30. The van der Waals surface area contributed by atoms with Crippen LogP contribution in [0.2, 0.25) is 0 Å². The summed E-state index contributed by atoms with van der Waals surface area (Å²) in [6.45, 7) is 0.202. The first-order chi connectivity index (χ1) is 7.93. The van der Waals surface area contributed by atoms with Gasteiger partial charge in [-0.1, -0.05) is 0 Å². The van der Waals surface area contributed by atoms with Gasteiger partial charge >= 0.3 is 0 Å². The summed E-state index contributed by atoms with van der Waals surface area (Å²) in [4.78, 5) is 9.61. The Labute approximate surface area is 96.7 Å². The van der Waals surface area contributed by atoms with E-state index < -0.39 is 26.3 Å². The van der Waals surface area contributed by atoms with Gasteiger partial charge in [0.2, 0.25) is 9.84 Å². The molecule has 1 aliphatic heterocycles. The largest absolute Gasteiger partial charge is 0.375 e. The highest BCUT2D eigenvalue weighted by Crippen LogP contribution is 2.25. The molecule has 7 nitrogen and oxygen atoms in total. The number of nitro benzene ring substituents is 1. The number of hydrogen-bond donors (Lipinski definition) is 1. The molecule has 0 aliphatic carbocycles. The number of rotatable bonds is 4. The lowest BCUT2D eigenvalue weighted by atomic mass is 10.3. The first-order valence-electron chi connectivity index (χ1n) is 4.71. The van der Waals surface area contributed by atoms with Gasteiger partial charge in [0, 0.05) is 12.1 Å². The molecule has 2 atom stereocenters. The summed E-state index contributed by atoms with van der Waals surface area (Å²) >= 11 is 0. The summed E-state index contributed by atoms with van der Waals surface area (Å²) in [5.41, 5.74) is -1.83. The van der Waals surface area contributed by atoms with Gasteiger partial charge in [-0.15, -0.1) is 0 Å². The third-order valence-electron chi connectivity index (χ3n) is 2.37. The van der Waals surface area contributed by atoms with Crippen molar-refractivity contribution in [2.45, 2.75) is 16.4 Å². The molecule has 0 bridgehead atoms. The summed E-state index contributed by atoms with van der Waals surface area (Å²) < 4.78 is 28.3. The molecule has 0 amide bonds. The van der Waals surface area contributed by atoms with Gasteiger partial charge in [-0.25, -0.2) is 8.42 Å². The molecule has 0 saturated carbocycles. The third-order valence-corrected chi connectivity index (χ3v) is 4.24. The van der Waals surface area contributed by atoms with Gasteiger partial charge in [-0.05, 0) is 12.1 Å².